The van der Waals surface area contributed by atoms with Gasteiger partial charge in [0, 0.05) is 11.4 Å². The maximum atomic E-state index is 13.0. The third-order valence-corrected chi connectivity index (χ3v) is 3.30. The largest absolute Gasteiger partial charge is 0.417 e. The van der Waals surface area contributed by atoms with Crippen molar-refractivity contribution in [3.8, 4) is 0 Å². The molecule has 0 atom stereocenters. The Hall–Kier alpha value is -2.28. The number of carbonyl (C=O) groups excluding carboxylic acids is 1. The van der Waals surface area contributed by atoms with Crippen LogP contribution >= 0.6 is 11.6 Å². The average molecular weight is 347 g/mol. The fourth-order valence-electron chi connectivity index (χ4n) is 1.87. The zero-order valence-corrected chi connectivity index (χ0v) is 12.5. The first-order valence-corrected chi connectivity index (χ1v) is 6.75. The van der Waals surface area contributed by atoms with Crippen LogP contribution in [0.4, 0.5) is 33.7 Å². The molecule has 0 saturated heterocycles. The highest BCUT2D eigenvalue weighted by atomic mass is 35.5. The van der Waals surface area contributed by atoms with Crippen molar-refractivity contribution < 1.29 is 22.4 Å². The summed E-state index contributed by atoms with van der Waals surface area (Å²) in [6.07, 6.45) is -4.63. The second-order valence-corrected chi connectivity index (χ2v) is 5.14. The molecule has 23 heavy (non-hydrogen) atoms. The van der Waals surface area contributed by atoms with Crippen molar-refractivity contribution in [2.75, 3.05) is 10.6 Å². The number of aryl methyl sites for hydroxylation is 1. The normalized spacial score (nSPS) is 11.2. The molecule has 2 rings (SSSR count). The molecule has 0 fully saturated rings. The Labute approximate surface area is 134 Å². The van der Waals surface area contributed by atoms with Gasteiger partial charge in [0.15, 0.2) is 0 Å². The van der Waals surface area contributed by atoms with Gasteiger partial charge in [0.25, 0.3) is 0 Å². The Bertz CT molecular complexity index is 747. The zero-order chi connectivity index (χ0) is 17.2. The summed E-state index contributed by atoms with van der Waals surface area (Å²) >= 11 is 5.50. The van der Waals surface area contributed by atoms with Crippen LogP contribution in [0.15, 0.2) is 36.4 Å². The van der Waals surface area contributed by atoms with Crippen molar-refractivity contribution in [1.29, 1.82) is 0 Å². The van der Waals surface area contributed by atoms with Gasteiger partial charge in [-0.3, -0.25) is 0 Å². The molecular formula is C15H11ClF4N2O. The first-order valence-electron chi connectivity index (χ1n) is 6.38. The number of nitrogens with one attached hydrogen (secondary N) is 2. The molecule has 0 aliphatic heterocycles. The summed E-state index contributed by atoms with van der Waals surface area (Å²) in [5.74, 6) is -0.457. The number of hydrogen-bond donors (Lipinski definition) is 2. The molecule has 2 amide bonds. The molecule has 0 bridgehead atoms. The number of rotatable bonds is 2. The molecule has 3 nitrogen and oxygen atoms in total. The standard InChI is InChI=1S/C15H11ClF4N2O/c1-8-6-9(17)2-5-13(8)22-14(23)21-10-3-4-12(16)11(7-10)15(18,19)20/h2-7H,1H3,(H2,21,22,23). The lowest BCUT2D eigenvalue weighted by molar-refractivity contribution is -0.137. The minimum Gasteiger partial charge on any atom is -0.308 e. The highest BCUT2D eigenvalue weighted by Crippen LogP contribution is 2.36. The second kappa shape index (κ2) is 6.45. The number of anilines is 2. The minimum absolute atomic E-state index is 0.0704. The predicted octanol–water partition coefficient (Wildman–Crippen LogP) is 5.45. The molecule has 0 radical (unpaired) electrons. The Balaban J connectivity index is 2.14. The van der Waals surface area contributed by atoms with E-state index in [0.717, 1.165) is 18.2 Å². The Morgan fingerprint density at radius 2 is 1.78 bits per heavy atom. The van der Waals surface area contributed by atoms with E-state index >= 15 is 0 Å². The van der Waals surface area contributed by atoms with Crippen molar-refractivity contribution in [2.45, 2.75) is 13.1 Å². The molecule has 2 N–H and O–H groups in total. The predicted molar refractivity (Wildman–Crippen MR) is 80.2 cm³/mol. The third kappa shape index (κ3) is 4.35. The fraction of sp³-hybridized carbons (Fsp3) is 0.133. The molecule has 8 heteroatoms. The first kappa shape index (κ1) is 17.1. The van der Waals surface area contributed by atoms with Gasteiger partial charge >= 0.3 is 12.2 Å². The van der Waals surface area contributed by atoms with E-state index in [2.05, 4.69) is 10.6 Å². The molecule has 0 heterocycles. The summed E-state index contributed by atoms with van der Waals surface area (Å²) in [6.45, 7) is 1.59. The second-order valence-electron chi connectivity index (χ2n) is 4.73. The summed E-state index contributed by atoms with van der Waals surface area (Å²) in [4.78, 5) is 11.8. The van der Waals surface area contributed by atoms with E-state index < -0.39 is 28.6 Å². The Kier molecular flexibility index (Phi) is 4.79. The van der Waals surface area contributed by atoms with Crippen LogP contribution in [0.1, 0.15) is 11.1 Å². The molecule has 0 saturated carbocycles. The van der Waals surface area contributed by atoms with Crippen LogP contribution in [0.2, 0.25) is 5.02 Å². The highest BCUT2D eigenvalue weighted by molar-refractivity contribution is 6.31. The maximum Gasteiger partial charge on any atom is 0.417 e. The monoisotopic (exact) mass is 346 g/mol. The van der Waals surface area contributed by atoms with E-state index in [1.54, 1.807) is 6.92 Å². The van der Waals surface area contributed by atoms with E-state index in [9.17, 15) is 22.4 Å². The lowest BCUT2D eigenvalue weighted by Gasteiger charge is -2.13. The quantitative estimate of drug-likeness (QED) is 0.697. The summed E-state index contributed by atoms with van der Waals surface area (Å²) in [7, 11) is 0. The van der Waals surface area contributed by atoms with Gasteiger partial charge in [0.1, 0.15) is 5.82 Å². The van der Waals surface area contributed by atoms with Crippen LogP contribution in [0, 0.1) is 12.7 Å². The van der Waals surface area contributed by atoms with Crippen LogP contribution in [0.3, 0.4) is 0 Å². The lowest BCUT2D eigenvalue weighted by atomic mass is 10.2. The average Bonchev–Trinajstić information content (AvgIpc) is 2.43. The van der Waals surface area contributed by atoms with Crippen molar-refractivity contribution in [3.05, 3.63) is 58.4 Å². The summed E-state index contributed by atoms with van der Waals surface area (Å²) < 4.78 is 51.2. The van der Waals surface area contributed by atoms with E-state index in [-0.39, 0.29) is 5.69 Å². The van der Waals surface area contributed by atoms with Gasteiger partial charge in [-0.05, 0) is 48.9 Å². The topological polar surface area (TPSA) is 41.1 Å². The van der Waals surface area contributed by atoms with Crippen LogP contribution in [0.5, 0.6) is 0 Å². The molecular weight excluding hydrogens is 336 g/mol. The number of carbonyl (C=O) groups is 1. The van der Waals surface area contributed by atoms with E-state index in [4.69, 9.17) is 11.6 Å². The number of hydrogen-bond acceptors (Lipinski definition) is 1. The first-order chi connectivity index (χ1) is 10.7. The number of halogens is 5. The molecule has 0 aliphatic rings. The minimum atomic E-state index is -4.63. The van der Waals surface area contributed by atoms with E-state index in [1.165, 1.54) is 18.2 Å². The molecule has 2 aromatic carbocycles. The lowest BCUT2D eigenvalue weighted by Crippen LogP contribution is -2.20. The van der Waals surface area contributed by atoms with Gasteiger partial charge in [-0.25, -0.2) is 9.18 Å². The maximum absolute atomic E-state index is 13.0. The van der Waals surface area contributed by atoms with Gasteiger partial charge in [-0.1, -0.05) is 11.6 Å². The summed E-state index contributed by atoms with van der Waals surface area (Å²) in [5.41, 5.74) is -0.296. The number of amides is 2. The summed E-state index contributed by atoms with van der Waals surface area (Å²) in [6, 6.07) is 6.01. The smallest absolute Gasteiger partial charge is 0.308 e. The molecule has 0 aliphatic carbocycles. The van der Waals surface area contributed by atoms with E-state index in [0.29, 0.717) is 11.3 Å². The van der Waals surface area contributed by atoms with Crippen molar-refractivity contribution >= 4 is 29.0 Å². The Morgan fingerprint density at radius 3 is 2.39 bits per heavy atom. The van der Waals surface area contributed by atoms with E-state index in [1.807, 2.05) is 0 Å². The van der Waals surface area contributed by atoms with Crippen LogP contribution in [-0.2, 0) is 6.18 Å². The Morgan fingerprint density at radius 1 is 1.09 bits per heavy atom. The van der Waals surface area contributed by atoms with Gasteiger partial charge in [-0.2, -0.15) is 13.2 Å². The van der Waals surface area contributed by atoms with Crippen LogP contribution in [-0.4, -0.2) is 6.03 Å². The molecule has 0 spiro atoms. The number of urea groups is 1. The van der Waals surface area contributed by atoms with Crippen molar-refractivity contribution in [1.82, 2.24) is 0 Å². The van der Waals surface area contributed by atoms with Crippen LogP contribution < -0.4 is 10.6 Å². The van der Waals surface area contributed by atoms with Gasteiger partial charge < -0.3 is 10.6 Å². The third-order valence-electron chi connectivity index (χ3n) is 2.97. The molecule has 122 valence electrons. The number of alkyl halides is 3. The summed E-state index contributed by atoms with van der Waals surface area (Å²) in [5, 5.41) is 4.24. The SMILES string of the molecule is Cc1cc(F)ccc1NC(=O)Nc1ccc(Cl)c(C(F)(F)F)c1. The number of benzene rings is 2. The van der Waals surface area contributed by atoms with Crippen molar-refractivity contribution in [2.24, 2.45) is 0 Å². The van der Waals surface area contributed by atoms with Crippen LogP contribution in [0.25, 0.3) is 0 Å². The molecule has 0 unspecified atom stereocenters. The van der Waals surface area contributed by atoms with Gasteiger partial charge in [-0.15, -0.1) is 0 Å². The van der Waals surface area contributed by atoms with Gasteiger partial charge in [0.2, 0.25) is 0 Å². The fourth-order valence-corrected chi connectivity index (χ4v) is 2.10. The van der Waals surface area contributed by atoms with Gasteiger partial charge in [0.05, 0.1) is 10.6 Å². The molecule has 2 aromatic rings. The zero-order valence-electron chi connectivity index (χ0n) is 11.8. The molecule has 0 aromatic heterocycles. The highest BCUT2D eigenvalue weighted by Gasteiger charge is 2.33. The van der Waals surface area contributed by atoms with Crippen molar-refractivity contribution in [3.63, 3.8) is 0 Å².